The molecule has 1 fully saturated rings. The Kier molecular flexibility index (Phi) is 9.30. The molecule has 33 heavy (non-hydrogen) atoms. The molecule has 0 aliphatic heterocycles. The number of hydrogen-bond donors (Lipinski definition) is 3. The molecule has 2 aromatic rings. The van der Waals surface area contributed by atoms with E-state index in [0.29, 0.717) is 33.6 Å². The second kappa shape index (κ2) is 12.4. The molecule has 0 saturated heterocycles. The fourth-order valence-electron chi connectivity index (χ4n) is 3.66. The van der Waals surface area contributed by atoms with Crippen molar-refractivity contribution in [3.63, 3.8) is 0 Å². The van der Waals surface area contributed by atoms with Crippen LogP contribution in [0.1, 0.15) is 72.6 Å². The number of carbonyl (C=O) groups is 3. The van der Waals surface area contributed by atoms with Crippen molar-refractivity contribution in [3.05, 3.63) is 58.1 Å². The van der Waals surface area contributed by atoms with Crippen molar-refractivity contribution in [2.45, 2.75) is 51.9 Å². The normalized spacial score (nSPS) is 13.8. The van der Waals surface area contributed by atoms with Crippen LogP contribution in [0.4, 0.5) is 5.69 Å². The molecule has 0 heterocycles. The van der Waals surface area contributed by atoms with Crippen LogP contribution in [0.2, 0.25) is 0 Å². The van der Waals surface area contributed by atoms with Crippen LogP contribution in [-0.2, 0) is 4.79 Å². The Labute approximate surface area is 202 Å². The van der Waals surface area contributed by atoms with E-state index in [4.69, 9.17) is 4.74 Å². The Hall–Kier alpha value is -2.87. The molecule has 0 radical (unpaired) electrons. The maximum absolute atomic E-state index is 12.4. The van der Waals surface area contributed by atoms with E-state index < -0.39 is 11.8 Å². The Morgan fingerprint density at radius 3 is 2.21 bits per heavy atom. The van der Waals surface area contributed by atoms with Crippen molar-refractivity contribution >= 4 is 39.3 Å². The highest BCUT2D eigenvalue weighted by atomic mass is 79.9. The van der Waals surface area contributed by atoms with Gasteiger partial charge in [-0.05, 0) is 77.7 Å². The number of amides is 3. The van der Waals surface area contributed by atoms with Crippen molar-refractivity contribution in [3.8, 4) is 5.75 Å². The summed E-state index contributed by atoms with van der Waals surface area (Å²) < 4.78 is 6.33. The number of halogens is 1. The number of anilines is 1. The number of benzene rings is 2. The Morgan fingerprint density at radius 2 is 1.58 bits per heavy atom. The molecule has 0 atom stereocenters. The van der Waals surface area contributed by atoms with Crippen LogP contribution in [0, 0.1) is 5.92 Å². The van der Waals surface area contributed by atoms with Gasteiger partial charge < -0.3 is 10.1 Å². The highest BCUT2D eigenvalue weighted by Gasteiger charge is 2.21. The second-order valence-electron chi connectivity index (χ2n) is 8.16. The Balaban J connectivity index is 1.49. The minimum atomic E-state index is -0.452. The van der Waals surface area contributed by atoms with E-state index in [9.17, 15) is 14.4 Å². The molecule has 3 amide bonds. The van der Waals surface area contributed by atoms with Crippen LogP contribution in [-0.4, -0.2) is 24.3 Å². The third kappa shape index (κ3) is 7.32. The molecule has 7 nitrogen and oxygen atoms in total. The minimum Gasteiger partial charge on any atom is -0.492 e. The highest BCUT2D eigenvalue weighted by molar-refractivity contribution is 9.10. The molecular weight excluding hydrogens is 486 g/mol. The first-order valence-electron chi connectivity index (χ1n) is 11.4. The van der Waals surface area contributed by atoms with E-state index in [1.807, 2.05) is 0 Å². The molecule has 3 N–H and O–H groups in total. The van der Waals surface area contributed by atoms with Gasteiger partial charge in [-0.1, -0.05) is 32.6 Å². The van der Waals surface area contributed by atoms with E-state index in [1.165, 1.54) is 6.42 Å². The van der Waals surface area contributed by atoms with Crippen LogP contribution in [0.15, 0.2) is 46.9 Å². The van der Waals surface area contributed by atoms with Crippen LogP contribution >= 0.6 is 15.9 Å². The molecule has 0 unspecified atom stereocenters. The summed E-state index contributed by atoms with van der Waals surface area (Å²) in [6, 6.07) is 11.6. The summed E-state index contributed by atoms with van der Waals surface area (Å²) in [5.41, 5.74) is 6.23. The topological polar surface area (TPSA) is 96.5 Å². The second-order valence-corrected chi connectivity index (χ2v) is 9.01. The molecule has 2 aromatic carbocycles. The third-order valence-corrected chi connectivity index (χ3v) is 6.25. The maximum Gasteiger partial charge on any atom is 0.269 e. The van der Waals surface area contributed by atoms with Gasteiger partial charge in [0.15, 0.2) is 0 Å². The number of nitrogens with one attached hydrogen (secondary N) is 3. The standard InChI is InChI=1S/C25H30BrN3O4/c1-2-3-15-33-22-14-11-19(16-21(22)26)25(32)29-28-24(31)18-9-12-20(13-10-18)27-23(30)17-7-5-4-6-8-17/h9-14,16-17H,2-8,15H2,1H3,(H,27,30)(H,28,31)(H,29,32). The molecule has 176 valence electrons. The lowest BCUT2D eigenvalue weighted by Crippen LogP contribution is -2.41. The van der Waals surface area contributed by atoms with Crippen molar-refractivity contribution in [1.82, 2.24) is 10.9 Å². The number of unbranched alkanes of at least 4 members (excludes halogenated alkanes) is 1. The van der Waals surface area contributed by atoms with Gasteiger partial charge in [0, 0.05) is 22.7 Å². The third-order valence-electron chi connectivity index (χ3n) is 5.63. The lowest BCUT2D eigenvalue weighted by Gasteiger charge is -2.20. The molecule has 0 aromatic heterocycles. The minimum absolute atomic E-state index is 0.0344. The van der Waals surface area contributed by atoms with Gasteiger partial charge in [-0.15, -0.1) is 0 Å². The van der Waals surface area contributed by atoms with Crippen LogP contribution in [0.25, 0.3) is 0 Å². The van der Waals surface area contributed by atoms with E-state index in [2.05, 4.69) is 39.0 Å². The summed E-state index contributed by atoms with van der Waals surface area (Å²) in [6.07, 6.45) is 7.23. The zero-order valence-electron chi connectivity index (χ0n) is 18.8. The summed E-state index contributed by atoms with van der Waals surface area (Å²) in [4.78, 5) is 37.1. The van der Waals surface area contributed by atoms with Gasteiger partial charge in [0.1, 0.15) is 5.75 Å². The number of hydrogen-bond acceptors (Lipinski definition) is 4. The molecule has 1 aliphatic carbocycles. The lowest BCUT2D eigenvalue weighted by molar-refractivity contribution is -0.120. The van der Waals surface area contributed by atoms with Gasteiger partial charge in [0.2, 0.25) is 5.91 Å². The average Bonchev–Trinajstić information content (AvgIpc) is 2.84. The van der Waals surface area contributed by atoms with Crippen LogP contribution < -0.4 is 20.9 Å². The summed E-state index contributed by atoms with van der Waals surface area (Å²) in [5.74, 6) is -0.131. The van der Waals surface area contributed by atoms with Gasteiger partial charge in [-0.25, -0.2) is 0 Å². The summed E-state index contributed by atoms with van der Waals surface area (Å²) in [7, 11) is 0. The number of carbonyl (C=O) groups excluding carboxylic acids is 3. The first kappa shape index (κ1) is 24.8. The van der Waals surface area contributed by atoms with Gasteiger partial charge in [0.05, 0.1) is 11.1 Å². The monoisotopic (exact) mass is 515 g/mol. The van der Waals surface area contributed by atoms with Crippen molar-refractivity contribution in [2.24, 2.45) is 5.92 Å². The van der Waals surface area contributed by atoms with Crippen molar-refractivity contribution < 1.29 is 19.1 Å². The lowest BCUT2D eigenvalue weighted by atomic mass is 9.88. The fraction of sp³-hybridized carbons (Fsp3) is 0.400. The van der Waals surface area contributed by atoms with Gasteiger partial charge >= 0.3 is 0 Å². The van der Waals surface area contributed by atoms with Crippen LogP contribution in [0.5, 0.6) is 5.75 Å². The quantitative estimate of drug-likeness (QED) is 0.331. The van der Waals surface area contributed by atoms with Crippen LogP contribution in [0.3, 0.4) is 0 Å². The molecule has 0 spiro atoms. The average molecular weight is 516 g/mol. The summed E-state index contributed by atoms with van der Waals surface area (Å²) in [5, 5.41) is 2.92. The summed E-state index contributed by atoms with van der Waals surface area (Å²) in [6.45, 7) is 2.70. The van der Waals surface area contributed by atoms with Crippen molar-refractivity contribution in [1.29, 1.82) is 0 Å². The smallest absolute Gasteiger partial charge is 0.269 e. The molecule has 8 heteroatoms. The molecule has 0 bridgehead atoms. The fourth-order valence-corrected chi connectivity index (χ4v) is 4.15. The first-order chi connectivity index (χ1) is 16.0. The molecule has 1 saturated carbocycles. The molecule has 1 aliphatic rings. The zero-order valence-corrected chi connectivity index (χ0v) is 20.4. The van der Waals surface area contributed by atoms with Gasteiger partial charge in [0.25, 0.3) is 11.8 Å². The predicted molar refractivity (Wildman–Crippen MR) is 131 cm³/mol. The zero-order chi connectivity index (χ0) is 23.6. The Bertz CT molecular complexity index is 972. The molecular formula is C25H30BrN3O4. The first-order valence-corrected chi connectivity index (χ1v) is 12.2. The van der Waals surface area contributed by atoms with Gasteiger partial charge in [-0.2, -0.15) is 0 Å². The highest BCUT2D eigenvalue weighted by Crippen LogP contribution is 2.26. The SMILES string of the molecule is CCCCOc1ccc(C(=O)NNC(=O)c2ccc(NC(=O)C3CCCCC3)cc2)cc1Br. The summed E-state index contributed by atoms with van der Waals surface area (Å²) >= 11 is 3.41. The number of rotatable bonds is 8. The predicted octanol–water partition coefficient (Wildman–Crippen LogP) is 5.22. The number of ether oxygens (including phenoxy) is 1. The molecule has 3 rings (SSSR count). The van der Waals surface area contributed by atoms with E-state index in [0.717, 1.165) is 38.5 Å². The maximum atomic E-state index is 12.4. The Morgan fingerprint density at radius 1 is 0.939 bits per heavy atom. The van der Waals surface area contributed by atoms with E-state index in [-0.39, 0.29) is 11.8 Å². The van der Waals surface area contributed by atoms with Gasteiger partial charge in [-0.3, -0.25) is 25.2 Å². The largest absolute Gasteiger partial charge is 0.492 e. The number of hydrazine groups is 1. The van der Waals surface area contributed by atoms with Crippen molar-refractivity contribution in [2.75, 3.05) is 11.9 Å². The van der Waals surface area contributed by atoms with E-state index in [1.54, 1.807) is 42.5 Å². The van der Waals surface area contributed by atoms with E-state index >= 15 is 0 Å².